The SMILES string of the molecule is CCc1cccc(C)c1NC(=O)CSc1nnc(COc2ccccc2C)n1C. The molecule has 0 spiro atoms. The molecule has 29 heavy (non-hydrogen) atoms. The molecule has 1 amide bonds. The molecule has 0 saturated carbocycles. The molecular formula is C22H26N4O2S. The number of para-hydroxylation sites is 2. The summed E-state index contributed by atoms with van der Waals surface area (Å²) in [5.41, 5.74) is 4.18. The van der Waals surface area contributed by atoms with E-state index in [2.05, 4.69) is 22.4 Å². The van der Waals surface area contributed by atoms with Crippen molar-refractivity contribution in [3.05, 3.63) is 65.0 Å². The molecule has 0 saturated heterocycles. The lowest BCUT2D eigenvalue weighted by Gasteiger charge is -2.12. The Kier molecular flexibility index (Phi) is 6.93. The Balaban J connectivity index is 1.58. The average molecular weight is 411 g/mol. The zero-order valence-electron chi connectivity index (χ0n) is 17.2. The van der Waals surface area contributed by atoms with Gasteiger partial charge < -0.3 is 14.6 Å². The highest BCUT2D eigenvalue weighted by atomic mass is 32.2. The van der Waals surface area contributed by atoms with Crippen molar-refractivity contribution in [3.8, 4) is 5.75 Å². The van der Waals surface area contributed by atoms with E-state index in [1.54, 1.807) is 0 Å². The first kappa shape index (κ1) is 20.9. The molecule has 0 aliphatic heterocycles. The highest BCUT2D eigenvalue weighted by molar-refractivity contribution is 7.99. The largest absolute Gasteiger partial charge is 0.485 e. The number of aryl methyl sites for hydroxylation is 3. The van der Waals surface area contributed by atoms with Gasteiger partial charge in [-0.1, -0.05) is 55.1 Å². The summed E-state index contributed by atoms with van der Waals surface area (Å²) in [7, 11) is 1.88. The molecule has 0 aliphatic carbocycles. The Morgan fingerprint density at radius 3 is 2.62 bits per heavy atom. The minimum Gasteiger partial charge on any atom is -0.485 e. The Bertz CT molecular complexity index is 1000. The molecular weight excluding hydrogens is 384 g/mol. The summed E-state index contributed by atoms with van der Waals surface area (Å²) in [5, 5.41) is 12.1. The molecule has 7 heteroatoms. The number of carbonyl (C=O) groups excluding carboxylic acids is 1. The van der Waals surface area contributed by atoms with E-state index >= 15 is 0 Å². The van der Waals surface area contributed by atoms with Gasteiger partial charge in [0.2, 0.25) is 5.91 Å². The number of nitrogens with one attached hydrogen (secondary N) is 1. The van der Waals surface area contributed by atoms with Crippen LogP contribution >= 0.6 is 11.8 Å². The molecule has 0 bridgehead atoms. The van der Waals surface area contributed by atoms with E-state index in [-0.39, 0.29) is 11.7 Å². The van der Waals surface area contributed by atoms with E-state index in [1.807, 2.05) is 67.9 Å². The second-order valence-electron chi connectivity index (χ2n) is 6.81. The van der Waals surface area contributed by atoms with Crippen molar-refractivity contribution < 1.29 is 9.53 Å². The van der Waals surface area contributed by atoms with Gasteiger partial charge in [-0.15, -0.1) is 10.2 Å². The van der Waals surface area contributed by atoms with Crippen LogP contribution in [0.5, 0.6) is 5.75 Å². The van der Waals surface area contributed by atoms with Crippen LogP contribution in [0.3, 0.4) is 0 Å². The number of rotatable bonds is 8. The van der Waals surface area contributed by atoms with Crippen molar-refractivity contribution in [2.75, 3.05) is 11.1 Å². The predicted octanol–water partition coefficient (Wildman–Crippen LogP) is 4.30. The van der Waals surface area contributed by atoms with Gasteiger partial charge in [0.25, 0.3) is 0 Å². The van der Waals surface area contributed by atoms with Gasteiger partial charge in [0, 0.05) is 12.7 Å². The summed E-state index contributed by atoms with van der Waals surface area (Å²) < 4.78 is 7.71. The Hall–Kier alpha value is -2.80. The van der Waals surface area contributed by atoms with Crippen molar-refractivity contribution in [2.45, 2.75) is 39.0 Å². The normalized spacial score (nSPS) is 10.8. The van der Waals surface area contributed by atoms with Crippen LogP contribution in [0.15, 0.2) is 47.6 Å². The van der Waals surface area contributed by atoms with E-state index < -0.39 is 0 Å². The maximum Gasteiger partial charge on any atom is 0.234 e. The topological polar surface area (TPSA) is 69.0 Å². The maximum atomic E-state index is 12.5. The van der Waals surface area contributed by atoms with E-state index in [1.165, 1.54) is 11.8 Å². The third-order valence-corrected chi connectivity index (χ3v) is 5.73. The minimum absolute atomic E-state index is 0.0558. The third-order valence-electron chi connectivity index (χ3n) is 4.71. The molecule has 3 aromatic rings. The molecule has 152 valence electrons. The van der Waals surface area contributed by atoms with Crippen LogP contribution < -0.4 is 10.1 Å². The van der Waals surface area contributed by atoms with Crippen LogP contribution in [-0.4, -0.2) is 26.4 Å². The van der Waals surface area contributed by atoms with Crippen molar-refractivity contribution >= 4 is 23.4 Å². The number of aromatic nitrogens is 3. The van der Waals surface area contributed by atoms with E-state index in [9.17, 15) is 4.79 Å². The molecule has 1 aromatic heterocycles. The van der Waals surface area contributed by atoms with E-state index in [4.69, 9.17) is 4.74 Å². The fourth-order valence-corrected chi connectivity index (χ4v) is 3.69. The van der Waals surface area contributed by atoms with Gasteiger partial charge in [0.05, 0.1) is 5.75 Å². The number of anilines is 1. The summed E-state index contributed by atoms with van der Waals surface area (Å²) in [5.74, 6) is 1.75. The summed E-state index contributed by atoms with van der Waals surface area (Å²) in [6.45, 7) is 6.42. The number of carbonyl (C=O) groups is 1. The first-order valence-corrected chi connectivity index (χ1v) is 10.6. The Labute approximate surface area is 175 Å². The lowest BCUT2D eigenvalue weighted by molar-refractivity contribution is -0.113. The summed E-state index contributed by atoms with van der Waals surface area (Å²) in [4.78, 5) is 12.5. The lowest BCUT2D eigenvalue weighted by atomic mass is 10.1. The molecule has 0 atom stereocenters. The van der Waals surface area contributed by atoms with Crippen molar-refractivity contribution in [2.24, 2.45) is 7.05 Å². The quantitative estimate of drug-likeness (QED) is 0.561. The van der Waals surface area contributed by atoms with E-state index in [0.717, 1.165) is 34.5 Å². The third kappa shape index (κ3) is 5.17. The van der Waals surface area contributed by atoms with Crippen LogP contribution in [0.1, 0.15) is 29.4 Å². The molecule has 0 radical (unpaired) electrons. The smallest absolute Gasteiger partial charge is 0.234 e. The number of thioether (sulfide) groups is 1. The van der Waals surface area contributed by atoms with Gasteiger partial charge in [-0.25, -0.2) is 0 Å². The fourth-order valence-electron chi connectivity index (χ4n) is 2.96. The number of benzene rings is 2. The summed E-state index contributed by atoms with van der Waals surface area (Å²) in [6.07, 6.45) is 0.873. The van der Waals surface area contributed by atoms with Crippen LogP contribution in [-0.2, 0) is 24.9 Å². The van der Waals surface area contributed by atoms with Gasteiger partial charge >= 0.3 is 0 Å². The minimum atomic E-state index is -0.0558. The van der Waals surface area contributed by atoms with Gasteiger partial charge in [0.1, 0.15) is 12.4 Å². The molecule has 3 rings (SSSR count). The highest BCUT2D eigenvalue weighted by Gasteiger charge is 2.14. The van der Waals surface area contributed by atoms with Gasteiger partial charge in [-0.3, -0.25) is 4.79 Å². The van der Waals surface area contributed by atoms with Crippen molar-refractivity contribution in [1.82, 2.24) is 14.8 Å². The van der Waals surface area contributed by atoms with Gasteiger partial charge in [0.15, 0.2) is 11.0 Å². The number of ether oxygens (including phenoxy) is 1. The molecule has 2 aromatic carbocycles. The van der Waals surface area contributed by atoms with Crippen LogP contribution in [0.2, 0.25) is 0 Å². The van der Waals surface area contributed by atoms with E-state index in [0.29, 0.717) is 17.6 Å². The second-order valence-corrected chi connectivity index (χ2v) is 7.75. The van der Waals surface area contributed by atoms with Gasteiger partial charge in [-0.05, 0) is 43.0 Å². The van der Waals surface area contributed by atoms with Crippen molar-refractivity contribution in [3.63, 3.8) is 0 Å². The first-order valence-electron chi connectivity index (χ1n) is 9.57. The number of hydrogen-bond donors (Lipinski definition) is 1. The number of hydrogen-bond acceptors (Lipinski definition) is 5. The lowest BCUT2D eigenvalue weighted by Crippen LogP contribution is -2.16. The summed E-state index contributed by atoms with van der Waals surface area (Å²) >= 11 is 1.36. The maximum absolute atomic E-state index is 12.5. The second kappa shape index (κ2) is 9.60. The van der Waals surface area contributed by atoms with Crippen LogP contribution in [0.25, 0.3) is 0 Å². The standard InChI is InChI=1S/C22H26N4O2S/c1-5-17-11-8-10-16(3)21(17)23-20(27)14-29-22-25-24-19(26(22)4)13-28-18-12-7-6-9-15(18)2/h6-12H,5,13-14H2,1-4H3,(H,23,27). The molecule has 6 nitrogen and oxygen atoms in total. The number of nitrogens with zero attached hydrogens (tertiary/aromatic N) is 3. The van der Waals surface area contributed by atoms with Crippen molar-refractivity contribution in [1.29, 1.82) is 0 Å². The predicted molar refractivity (Wildman–Crippen MR) is 116 cm³/mol. The molecule has 0 aliphatic rings. The zero-order chi connectivity index (χ0) is 20.8. The van der Waals surface area contributed by atoms with Gasteiger partial charge in [-0.2, -0.15) is 0 Å². The zero-order valence-corrected chi connectivity index (χ0v) is 18.0. The first-order chi connectivity index (χ1) is 14.0. The molecule has 1 N–H and O–H groups in total. The summed E-state index contributed by atoms with van der Waals surface area (Å²) in [6, 6.07) is 13.9. The average Bonchev–Trinajstić information content (AvgIpc) is 3.07. The molecule has 0 fully saturated rings. The highest BCUT2D eigenvalue weighted by Crippen LogP contribution is 2.23. The number of amides is 1. The Morgan fingerprint density at radius 1 is 1.10 bits per heavy atom. The molecule has 0 unspecified atom stereocenters. The Morgan fingerprint density at radius 2 is 1.86 bits per heavy atom. The fraction of sp³-hybridized carbons (Fsp3) is 0.318. The van der Waals surface area contributed by atoms with Crippen LogP contribution in [0.4, 0.5) is 5.69 Å². The van der Waals surface area contributed by atoms with Crippen LogP contribution in [0, 0.1) is 13.8 Å². The monoisotopic (exact) mass is 410 g/mol. The molecule has 1 heterocycles.